The van der Waals surface area contributed by atoms with E-state index in [0.717, 1.165) is 50.2 Å². The first kappa shape index (κ1) is 18.0. The van der Waals surface area contributed by atoms with Gasteiger partial charge in [-0.2, -0.15) is 0 Å². The molecule has 1 aromatic heterocycles. The van der Waals surface area contributed by atoms with E-state index in [1.165, 1.54) is 0 Å². The summed E-state index contributed by atoms with van der Waals surface area (Å²) in [6.45, 7) is 6.20. The fourth-order valence-corrected chi connectivity index (χ4v) is 3.71. The third-order valence-corrected chi connectivity index (χ3v) is 5.41. The minimum atomic E-state index is -0.0949. The van der Waals surface area contributed by atoms with Gasteiger partial charge in [0.1, 0.15) is 0 Å². The van der Waals surface area contributed by atoms with Crippen molar-refractivity contribution in [3.05, 3.63) is 36.0 Å². The van der Waals surface area contributed by atoms with E-state index < -0.39 is 0 Å². The molecule has 2 aliphatic rings. The Morgan fingerprint density at radius 2 is 1.96 bits per heavy atom. The van der Waals surface area contributed by atoms with Crippen LogP contribution >= 0.6 is 0 Å². The van der Waals surface area contributed by atoms with Gasteiger partial charge in [-0.1, -0.05) is 18.2 Å². The molecule has 27 heavy (non-hydrogen) atoms. The lowest BCUT2D eigenvalue weighted by Gasteiger charge is -2.38. The average Bonchev–Trinajstić information content (AvgIpc) is 3.09. The van der Waals surface area contributed by atoms with Crippen molar-refractivity contribution in [2.75, 3.05) is 52.5 Å². The van der Waals surface area contributed by atoms with E-state index in [0.29, 0.717) is 25.2 Å². The van der Waals surface area contributed by atoms with Crippen molar-refractivity contribution in [2.45, 2.75) is 6.42 Å². The van der Waals surface area contributed by atoms with Crippen molar-refractivity contribution in [3.63, 3.8) is 0 Å². The van der Waals surface area contributed by atoms with Crippen LogP contribution < -0.4 is 5.32 Å². The molecular formula is C20H26N4O3. The highest BCUT2D eigenvalue weighted by atomic mass is 16.5. The Balaban J connectivity index is 1.19. The number of benzene rings is 1. The Labute approximate surface area is 158 Å². The lowest BCUT2D eigenvalue weighted by atomic mass is 9.97. The van der Waals surface area contributed by atoms with E-state index in [4.69, 9.17) is 4.74 Å². The number of rotatable bonds is 6. The molecule has 0 saturated carbocycles. The van der Waals surface area contributed by atoms with Gasteiger partial charge in [0, 0.05) is 49.8 Å². The minimum absolute atomic E-state index is 0.0104. The predicted molar refractivity (Wildman–Crippen MR) is 103 cm³/mol. The molecule has 2 amide bonds. The van der Waals surface area contributed by atoms with Gasteiger partial charge in [0.25, 0.3) is 5.91 Å². The number of nitrogens with zero attached hydrogens (tertiary/aromatic N) is 2. The zero-order valence-electron chi connectivity index (χ0n) is 15.4. The van der Waals surface area contributed by atoms with Crippen molar-refractivity contribution in [1.29, 1.82) is 0 Å². The first-order chi connectivity index (χ1) is 13.2. The van der Waals surface area contributed by atoms with Crippen LogP contribution in [0.3, 0.4) is 0 Å². The van der Waals surface area contributed by atoms with Crippen LogP contribution in [-0.2, 0) is 9.53 Å². The zero-order chi connectivity index (χ0) is 18.6. The molecule has 2 aliphatic heterocycles. The van der Waals surface area contributed by atoms with E-state index in [1.807, 2.05) is 24.3 Å². The molecule has 0 atom stereocenters. The van der Waals surface area contributed by atoms with Gasteiger partial charge < -0.3 is 19.9 Å². The Kier molecular flexibility index (Phi) is 5.40. The van der Waals surface area contributed by atoms with Gasteiger partial charge in [0.2, 0.25) is 5.91 Å². The average molecular weight is 370 g/mol. The van der Waals surface area contributed by atoms with Gasteiger partial charge in [0.15, 0.2) is 0 Å². The maximum Gasteiger partial charge on any atom is 0.256 e. The molecule has 2 fully saturated rings. The molecule has 4 rings (SSSR count). The predicted octanol–water partition coefficient (Wildman–Crippen LogP) is 1.08. The Hall–Kier alpha value is -2.38. The smallest absolute Gasteiger partial charge is 0.256 e. The number of H-pyrrole nitrogens is 1. The lowest BCUT2D eigenvalue weighted by molar-refractivity contribution is -0.129. The van der Waals surface area contributed by atoms with Crippen LogP contribution in [0.1, 0.15) is 16.8 Å². The lowest BCUT2D eigenvalue weighted by Crippen LogP contribution is -2.55. The zero-order valence-corrected chi connectivity index (χ0v) is 15.4. The molecular weight excluding hydrogens is 344 g/mol. The van der Waals surface area contributed by atoms with Crippen molar-refractivity contribution < 1.29 is 14.3 Å². The number of hydrogen-bond acceptors (Lipinski definition) is 4. The minimum Gasteiger partial charge on any atom is -0.379 e. The van der Waals surface area contributed by atoms with Crippen molar-refractivity contribution >= 4 is 22.7 Å². The summed E-state index contributed by atoms with van der Waals surface area (Å²) in [5.41, 5.74) is 1.63. The summed E-state index contributed by atoms with van der Waals surface area (Å²) in [6, 6.07) is 7.76. The van der Waals surface area contributed by atoms with Crippen LogP contribution in [0.5, 0.6) is 0 Å². The SMILES string of the molecule is O=C(NCCCN1CCOCC1)C1CN(C(=O)c2c[nH]c3ccccc23)C1. The monoisotopic (exact) mass is 370 g/mol. The summed E-state index contributed by atoms with van der Waals surface area (Å²) >= 11 is 0. The quantitative estimate of drug-likeness (QED) is 0.746. The number of carbonyl (C=O) groups excluding carboxylic acids is 2. The molecule has 0 unspecified atom stereocenters. The highest BCUT2D eigenvalue weighted by Crippen LogP contribution is 2.24. The third-order valence-electron chi connectivity index (χ3n) is 5.41. The molecule has 1 aromatic carbocycles. The fraction of sp³-hybridized carbons (Fsp3) is 0.500. The number of para-hydroxylation sites is 1. The number of aromatic amines is 1. The summed E-state index contributed by atoms with van der Waals surface area (Å²) in [6.07, 6.45) is 2.70. The van der Waals surface area contributed by atoms with Crippen molar-refractivity contribution in [3.8, 4) is 0 Å². The molecule has 2 aromatic rings. The normalized spacial score (nSPS) is 18.4. The maximum absolute atomic E-state index is 12.7. The van der Waals surface area contributed by atoms with Crippen LogP contribution in [0.25, 0.3) is 10.9 Å². The highest BCUT2D eigenvalue weighted by Gasteiger charge is 2.36. The van der Waals surface area contributed by atoms with Crippen molar-refractivity contribution in [2.24, 2.45) is 5.92 Å². The molecule has 0 spiro atoms. The van der Waals surface area contributed by atoms with Gasteiger partial charge in [-0.15, -0.1) is 0 Å². The number of amides is 2. The second-order valence-electron chi connectivity index (χ2n) is 7.25. The van der Waals surface area contributed by atoms with E-state index in [-0.39, 0.29) is 17.7 Å². The number of carbonyl (C=O) groups is 2. The van der Waals surface area contributed by atoms with Gasteiger partial charge in [-0.25, -0.2) is 0 Å². The summed E-state index contributed by atoms with van der Waals surface area (Å²) in [5, 5.41) is 3.94. The maximum atomic E-state index is 12.7. The van der Waals surface area contributed by atoms with Crippen LogP contribution in [0, 0.1) is 5.92 Å². The number of aromatic nitrogens is 1. The molecule has 2 saturated heterocycles. The summed E-state index contributed by atoms with van der Waals surface area (Å²) < 4.78 is 5.33. The first-order valence-corrected chi connectivity index (χ1v) is 9.65. The largest absolute Gasteiger partial charge is 0.379 e. The van der Waals surface area contributed by atoms with E-state index in [1.54, 1.807) is 11.1 Å². The van der Waals surface area contributed by atoms with E-state index in [9.17, 15) is 9.59 Å². The second kappa shape index (κ2) is 8.10. The van der Waals surface area contributed by atoms with E-state index >= 15 is 0 Å². The van der Waals surface area contributed by atoms with Gasteiger partial charge >= 0.3 is 0 Å². The second-order valence-corrected chi connectivity index (χ2v) is 7.25. The van der Waals surface area contributed by atoms with Crippen LogP contribution in [0.15, 0.2) is 30.5 Å². The molecule has 7 heteroatoms. The number of likely N-dealkylation sites (tertiary alicyclic amines) is 1. The fourth-order valence-electron chi connectivity index (χ4n) is 3.71. The molecule has 7 nitrogen and oxygen atoms in total. The number of morpholine rings is 1. The number of hydrogen-bond donors (Lipinski definition) is 2. The van der Waals surface area contributed by atoms with Crippen molar-refractivity contribution in [1.82, 2.24) is 20.1 Å². The van der Waals surface area contributed by atoms with Gasteiger partial charge in [-0.3, -0.25) is 14.5 Å². The van der Waals surface area contributed by atoms with Crippen LogP contribution in [-0.4, -0.2) is 79.1 Å². The Morgan fingerprint density at radius 1 is 1.19 bits per heavy atom. The summed E-state index contributed by atoms with van der Waals surface area (Å²) in [4.78, 5) is 32.2. The topological polar surface area (TPSA) is 77.7 Å². The van der Waals surface area contributed by atoms with Gasteiger partial charge in [0.05, 0.1) is 24.7 Å². The Morgan fingerprint density at radius 3 is 2.78 bits per heavy atom. The number of fused-ring (bicyclic) bond motifs is 1. The molecule has 0 bridgehead atoms. The van der Waals surface area contributed by atoms with Crippen LogP contribution in [0.4, 0.5) is 0 Å². The number of nitrogens with one attached hydrogen (secondary N) is 2. The van der Waals surface area contributed by atoms with Crippen LogP contribution in [0.2, 0.25) is 0 Å². The molecule has 144 valence electrons. The third kappa shape index (κ3) is 3.99. The standard InChI is InChI=1S/C20H26N4O3/c25-19(21-6-3-7-23-8-10-27-11-9-23)15-13-24(14-15)20(26)17-12-22-18-5-2-1-4-16(17)18/h1-2,4-5,12,15,22H,3,6-11,13-14H2,(H,21,25). The molecule has 0 radical (unpaired) electrons. The molecule has 0 aliphatic carbocycles. The molecule has 3 heterocycles. The highest BCUT2D eigenvalue weighted by molar-refractivity contribution is 6.07. The summed E-state index contributed by atoms with van der Waals surface area (Å²) in [5.74, 6) is -0.0497. The Bertz CT molecular complexity index is 806. The summed E-state index contributed by atoms with van der Waals surface area (Å²) in [7, 11) is 0. The van der Waals surface area contributed by atoms with E-state index in [2.05, 4.69) is 15.2 Å². The number of ether oxygens (including phenoxy) is 1. The first-order valence-electron chi connectivity index (χ1n) is 9.65. The van der Waals surface area contributed by atoms with Gasteiger partial charge in [-0.05, 0) is 19.0 Å². The molecule has 2 N–H and O–H groups in total.